The number of hydrogen-bond acceptors (Lipinski definition) is 3. The quantitative estimate of drug-likeness (QED) is 0.851. The first kappa shape index (κ1) is 13.1. The molecule has 0 unspecified atom stereocenters. The Morgan fingerprint density at radius 1 is 1.26 bits per heavy atom. The number of benzene rings is 1. The van der Waals surface area contributed by atoms with Gasteiger partial charge >= 0.3 is 0 Å². The molecule has 100 valence electrons. The average molecular weight is 263 g/mol. The van der Waals surface area contributed by atoms with Gasteiger partial charge in [0.15, 0.2) is 17.3 Å². The van der Waals surface area contributed by atoms with Crippen LogP contribution in [0.15, 0.2) is 40.8 Å². The van der Waals surface area contributed by atoms with Crippen molar-refractivity contribution in [2.45, 2.75) is 6.61 Å². The van der Waals surface area contributed by atoms with Crippen molar-refractivity contribution in [1.82, 2.24) is 4.90 Å². The summed E-state index contributed by atoms with van der Waals surface area (Å²) in [6.45, 7) is 0.0711. The van der Waals surface area contributed by atoms with Crippen molar-refractivity contribution < 1.29 is 18.3 Å². The first-order valence-electron chi connectivity index (χ1n) is 5.75. The van der Waals surface area contributed by atoms with Gasteiger partial charge in [-0.2, -0.15) is 0 Å². The van der Waals surface area contributed by atoms with Crippen LogP contribution >= 0.6 is 0 Å². The molecule has 1 aromatic carbocycles. The number of carbonyl (C=O) groups excluding carboxylic acids is 1. The minimum absolute atomic E-state index is 0.0711. The molecule has 0 atom stereocenters. The van der Waals surface area contributed by atoms with Gasteiger partial charge in [-0.1, -0.05) is 12.1 Å². The standard InChI is InChI=1S/C14H14FNO3/c1-16(2)14(17)13-8-7-10(19-13)9-18-12-6-4-3-5-11(12)15/h3-8H,9H2,1-2H3. The molecule has 0 spiro atoms. The zero-order valence-corrected chi connectivity index (χ0v) is 10.7. The highest BCUT2D eigenvalue weighted by atomic mass is 19.1. The second-order valence-corrected chi connectivity index (χ2v) is 4.18. The van der Waals surface area contributed by atoms with Gasteiger partial charge in [-0.05, 0) is 24.3 Å². The van der Waals surface area contributed by atoms with Crippen molar-refractivity contribution >= 4 is 5.91 Å². The molecule has 0 radical (unpaired) electrons. The van der Waals surface area contributed by atoms with Gasteiger partial charge in [0.25, 0.3) is 5.91 Å². The number of nitrogens with zero attached hydrogens (tertiary/aromatic N) is 1. The Morgan fingerprint density at radius 3 is 2.68 bits per heavy atom. The first-order chi connectivity index (χ1) is 9.08. The Bertz CT molecular complexity index is 578. The van der Waals surface area contributed by atoms with Gasteiger partial charge in [0.2, 0.25) is 0 Å². The van der Waals surface area contributed by atoms with Crippen molar-refractivity contribution in [3.63, 3.8) is 0 Å². The maximum atomic E-state index is 13.3. The van der Waals surface area contributed by atoms with E-state index in [1.54, 1.807) is 38.4 Å². The summed E-state index contributed by atoms with van der Waals surface area (Å²) >= 11 is 0. The van der Waals surface area contributed by atoms with E-state index in [2.05, 4.69) is 0 Å². The fourth-order valence-corrected chi connectivity index (χ4v) is 1.50. The highest BCUT2D eigenvalue weighted by Crippen LogP contribution is 2.18. The first-order valence-corrected chi connectivity index (χ1v) is 5.75. The fourth-order valence-electron chi connectivity index (χ4n) is 1.50. The lowest BCUT2D eigenvalue weighted by atomic mass is 10.3. The predicted octanol–water partition coefficient (Wildman–Crippen LogP) is 2.70. The highest BCUT2D eigenvalue weighted by molar-refractivity contribution is 5.91. The molecule has 0 aliphatic heterocycles. The average Bonchev–Trinajstić information content (AvgIpc) is 2.85. The molecular formula is C14H14FNO3. The fraction of sp³-hybridized carbons (Fsp3) is 0.214. The number of carbonyl (C=O) groups is 1. The molecule has 1 aromatic heterocycles. The maximum Gasteiger partial charge on any atom is 0.289 e. The third-order valence-corrected chi connectivity index (χ3v) is 2.49. The molecule has 19 heavy (non-hydrogen) atoms. The van der Waals surface area contributed by atoms with E-state index in [1.165, 1.54) is 17.0 Å². The number of ether oxygens (including phenoxy) is 1. The van der Waals surface area contributed by atoms with E-state index in [0.717, 1.165) is 0 Å². The van der Waals surface area contributed by atoms with Crippen molar-refractivity contribution in [3.05, 3.63) is 53.7 Å². The zero-order valence-electron chi connectivity index (χ0n) is 10.7. The smallest absolute Gasteiger partial charge is 0.289 e. The van der Waals surface area contributed by atoms with Crippen molar-refractivity contribution in [3.8, 4) is 5.75 Å². The van der Waals surface area contributed by atoms with Crippen molar-refractivity contribution in [2.24, 2.45) is 0 Å². The highest BCUT2D eigenvalue weighted by Gasteiger charge is 2.13. The Balaban J connectivity index is 2.01. The molecular weight excluding hydrogens is 249 g/mol. The van der Waals surface area contributed by atoms with Gasteiger partial charge in [-0.15, -0.1) is 0 Å². The number of rotatable bonds is 4. The topological polar surface area (TPSA) is 42.7 Å². The predicted molar refractivity (Wildman–Crippen MR) is 67.5 cm³/mol. The summed E-state index contributed by atoms with van der Waals surface area (Å²) in [7, 11) is 3.28. The third kappa shape index (κ3) is 3.13. The summed E-state index contributed by atoms with van der Waals surface area (Å²) in [6.07, 6.45) is 0. The van der Waals surface area contributed by atoms with Gasteiger partial charge in [0.05, 0.1) is 0 Å². The Labute approximate surface area is 110 Å². The number of amides is 1. The van der Waals surface area contributed by atoms with Gasteiger partial charge in [-0.25, -0.2) is 4.39 Å². The second kappa shape index (κ2) is 5.56. The van der Waals surface area contributed by atoms with Crippen LogP contribution in [0.4, 0.5) is 4.39 Å². The number of halogens is 1. The molecule has 1 heterocycles. The molecule has 4 nitrogen and oxygen atoms in total. The van der Waals surface area contributed by atoms with Crippen molar-refractivity contribution in [2.75, 3.05) is 14.1 Å². The number of hydrogen-bond donors (Lipinski definition) is 0. The summed E-state index contributed by atoms with van der Waals surface area (Å²) in [6, 6.07) is 9.33. The number of para-hydroxylation sites is 1. The minimum Gasteiger partial charge on any atom is -0.483 e. The van der Waals surface area contributed by atoms with E-state index >= 15 is 0 Å². The third-order valence-electron chi connectivity index (χ3n) is 2.49. The van der Waals surface area contributed by atoms with Gasteiger partial charge in [0.1, 0.15) is 12.4 Å². The summed E-state index contributed by atoms with van der Waals surface area (Å²) in [5.74, 6) is 0.195. The minimum atomic E-state index is -0.432. The van der Waals surface area contributed by atoms with Gasteiger partial charge in [0, 0.05) is 14.1 Å². The lowest BCUT2D eigenvalue weighted by Gasteiger charge is -2.07. The summed E-state index contributed by atoms with van der Waals surface area (Å²) < 4.78 is 23.9. The molecule has 0 bridgehead atoms. The van der Waals surface area contributed by atoms with E-state index in [0.29, 0.717) is 5.76 Å². The summed E-state index contributed by atoms with van der Waals surface area (Å²) in [5.41, 5.74) is 0. The maximum absolute atomic E-state index is 13.3. The summed E-state index contributed by atoms with van der Waals surface area (Å²) in [5, 5.41) is 0. The molecule has 1 amide bonds. The normalized spacial score (nSPS) is 10.3. The SMILES string of the molecule is CN(C)C(=O)c1ccc(COc2ccccc2F)o1. The lowest BCUT2D eigenvalue weighted by molar-refractivity contribution is 0.0792. The van der Waals surface area contributed by atoms with Crippen LogP contribution in [0.2, 0.25) is 0 Å². The Kier molecular flexibility index (Phi) is 3.85. The molecule has 0 N–H and O–H groups in total. The van der Waals surface area contributed by atoms with E-state index in [4.69, 9.17) is 9.15 Å². The molecule has 0 aliphatic carbocycles. The van der Waals surface area contributed by atoms with E-state index in [9.17, 15) is 9.18 Å². The largest absolute Gasteiger partial charge is 0.483 e. The van der Waals surface area contributed by atoms with E-state index < -0.39 is 5.82 Å². The molecule has 0 saturated carbocycles. The van der Waals surface area contributed by atoms with Gasteiger partial charge < -0.3 is 14.1 Å². The zero-order chi connectivity index (χ0) is 13.8. The molecule has 2 rings (SSSR count). The Morgan fingerprint density at radius 2 is 2.00 bits per heavy atom. The van der Waals surface area contributed by atoms with E-state index in [-0.39, 0.29) is 24.0 Å². The summed E-state index contributed by atoms with van der Waals surface area (Å²) in [4.78, 5) is 13.0. The Hall–Kier alpha value is -2.30. The molecule has 2 aromatic rings. The van der Waals surface area contributed by atoms with Crippen LogP contribution in [0.5, 0.6) is 5.75 Å². The van der Waals surface area contributed by atoms with E-state index in [1.807, 2.05) is 0 Å². The monoisotopic (exact) mass is 263 g/mol. The van der Waals surface area contributed by atoms with Crippen molar-refractivity contribution in [1.29, 1.82) is 0 Å². The van der Waals surface area contributed by atoms with Crippen LogP contribution in [-0.4, -0.2) is 24.9 Å². The van der Waals surface area contributed by atoms with Crippen LogP contribution in [0.1, 0.15) is 16.3 Å². The molecule has 0 aliphatic rings. The van der Waals surface area contributed by atoms with Crippen LogP contribution in [-0.2, 0) is 6.61 Å². The van der Waals surface area contributed by atoms with Crippen LogP contribution in [0.3, 0.4) is 0 Å². The van der Waals surface area contributed by atoms with Crippen LogP contribution in [0, 0.1) is 5.82 Å². The molecule has 0 fully saturated rings. The van der Waals surface area contributed by atoms with Crippen LogP contribution < -0.4 is 4.74 Å². The molecule has 5 heteroatoms. The van der Waals surface area contributed by atoms with Gasteiger partial charge in [-0.3, -0.25) is 4.79 Å². The number of furan rings is 1. The second-order valence-electron chi connectivity index (χ2n) is 4.18. The lowest BCUT2D eigenvalue weighted by Crippen LogP contribution is -2.20. The molecule has 0 saturated heterocycles. The van der Waals surface area contributed by atoms with Crippen LogP contribution in [0.25, 0.3) is 0 Å².